The van der Waals surface area contributed by atoms with Crippen LogP contribution < -0.4 is 10.2 Å². The van der Waals surface area contributed by atoms with Crippen LogP contribution in [0.3, 0.4) is 0 Å². The molecular formula is C18H26N4O3. The van der Waals surface area contributed by atoms with Gasteiger partial charge in [0.1, 0.15) is 11.9 Å². The molecule has 0 saturated carbocycles. The van der Waals surface area contributed by atoms with Gasteiger partial charge in [-0.05, 0) is 43.7 Å². The summed E-state index contributed by atoms with van der Waals surface area (Å²) in [6.45, 7) is 3.01. The summed E-state index contributed by atoms with van der Waals surface area (Å²) in [5.74, 6) is 0.423. The largest absolute Gasteiger partial charge is 0.383 e. The van der Waals surface area contributed by atoms with Gasteiger partial charge in [-0.1, -0.05) is 6.07 Å². The highest BCUT2D eigenvalue weighted by molar-refractivity contribution is 5.87. The van der Waals surface area contributed by atoms with Crippen molar-refractivity contribution in [2.24, 2.45) is 0 Å². The summed E-state index contributed by atoms with van der Waals surface area (Å²) in [5.41, 5.74) is 0.929. The molecule has 25 heavy (non-hydrogen) atoms. The fraction of sp³-hybridized carbons (Fsp3) is 0.611. The van der Waals surface area contributed by atoms with Crippen LogP contribution >= 0.6 is 0 Å². The molecule has 2 fully saturated rings. The molecule has 2 aliphatic rings. The third-order valence-electron chi connectivity index (χ3n) is 4.82. The molecule has 0 aliphatic carbocycles. The van der Waals surface area contributed by atoms with Crippen molar-refractivity contribution < 1.29 is 14.7 Å². The van der Waals surface area contributed by atoms with Crippen LogP contribution in [0.15, 0.2) is 18.3 Å². The van der Waals surface area contributed by atoms with E-state index < -0.39 is 6.10 Å². The second kappa shape index (κ2) is 8.29. The average molecular weight is 346 g/mol. The molecule has 0 radical (unpaired) electrons. The van der Waals surface area contributed by atoms with Crippen molar-refractivity contribution in [2.75, 3.05) is 31.1 Å². The van der Waals surface area contributed by atoms with Gasteiger partial charge in [0.05, 0.1) is 6.54 Å². The Morgan fingerprint density at radius 1 is 1.20 bits per heavy atom. The Morgan fingerprint density at radius 2 is 1.96 bits per heavy atom. The monoisotopic (exact) mass is 346 g/mol. The maximum atomic E-state index is 12.1. The standard InChI is InChI=1S/C18H26N4O3/c23-15-5-1-2-10-22(18(15)25)13-17(24)20-12-14-6-7-16(19-11-14)21-8-3-4-9-21/h6-7,11,15,23H,1-5,8-10,12-13H2,(H,20,24). The Kier molecular flexibility index (Phi) is 5.86. The smallest absolute Gasteiger partial charge is 0.251 e. The number of nitrogens with one attached hydrogen (secondary N) is 1. The lowest BCUT2D eigenvalue weighted by Gasteiger charge is -2.21. The molecule has 3 heterocycles. The molecule has 1 unspecified atom stereocenters. The van der Waals surface area contributed by atoms with Gasteiger partial charge in [0.2, 0.25) is 5.91 Å². The van der Waals surface area contributed by atoms with Crippen LogP contribution in [-0.2, 0) is 16.1 Å². The molecule has 0 spiro atoms. The number of carbonyl (C=O) groups is 2. The van der Waals surface area contributed by atoms with E-state index in [9.17, 15) is 14.7 Å². The maximum absolute atomic E-state index is 12.1. The van der Waals surface area contributed by atoms with Gasteiger partial charge in [-0.2, -0.15) is 0 Å². The number of hydrogen-bond acceptors (Lipinski definition) is 5. The van der Waals surface area contributed by atoms with Crippen LogP contribution in [0, 0.1) is 0 Å². The number of rotatable bonds is 5. The minimum absolute atomic E-state index is 0.00478. The minimum Gasteiger partial charge on any atom is -0.383 e. The van der Waals surface area contributed by atoms with E-state index in [1.165, 1.54) is 17.7 Å². The number of amides is 2. The minimum atomic E-state index is -0.974. The van der Waals surface area contributed by atoms with E-state index in [2.05, 4.69) is 15.2 Å². The van der Waals surface area contributed by atoms with E-state index in [1.807, 2.05) is 12.1 Å². The van der Waals surface area contributed by atoms with Crippen molar-refractivity contribution in [3.8, 4) is 0 Å². The lowest BCUT2D eigenvalue weighted by atomic mass is 10.2. The first-order valence-electron chi connectivity index (χ1n) is 9.07. The van der Waals surface area contributed by atoms with Crippen LogP contribution in [0.5, 0.6) is 0 Å². The Bertz CT molecular complexity index is 599. The third-order valence-corrected chi connectivity index (χ3v) is 4.82. The normalized spacial score (nSPS) is 21.3. The van der Waals surface area contributed by atoms with Crippen LogP contribution in [0.25, 0.3) is 0 Å². The maximum Gasteiger partial charge on any atom is 0.251 e. The van der Waals surface area contributed by atoms with Gasteiger partial charge >= 0.3 is 0 Å². The highest BCUT2D eigenvalue weighted by atomic mass is 16.3. The zero-order valence-corrected chi connectivity index (χ0v) is 14.5. The number of nitrogens with zero attached hydrogens (tertiary/aromatic N) is 3. The molecule has 136 valence electrons. The van der Waals surface area contributed by atoms with Crippen LogP contribution in [0.2, 0.25) is 0 Å². The summed E-state index contributed by atoms with van der Waals surface area (Å²) >= 11 is 0. The number of pyridine rings is 1. The van der Waals surface area contributed by atoms with Crippen molar-refractivity contribution in [3.05, 3.63) is 23.9 Å². The molecule has 1 aromatic rings. The molecule has 7 heteroatoms. The van der Waals surface area contributed by atoms with Crippen molar-refractivity contribution in [1.82, 2.24) is 15.2 Å². The predicted octanol–water partition coefficient (Wildman–Crippen LogP) is 0.671. The van der Waals surface area contributed by atoms with Crippen LogP contribution in [0.4, 0.5) is 5.82 Å². The molecule has 7 nitrogen and oxygen atoms in total. The van der Waals surface area contributed by atoms with Gasteiger partial charge in [-0.3, -0.25) is 9.59 Å². The Morgan fingerprint density at radius 3 is 2.68 bits per heavy atom. The Labute approximate surface area is 148 Å². The second-order valence-corrected chi connectivity index (χ2v) is 6.77. The molecule has 0 aromatic carbocycles. The van der Waals surface area contributed by atoms with E-state index in [-0.39, 0.29) is 18.4 Å². The van der Waals surface area contributed by atoms with Gasteiger partial charge in [-0.15, -0.1) is 0 Å². The van der Waals surface area contributed by atoms with Gasteiger partial charge in [0.25, 0.3) is 5.91 Å². The summed E-state index contributed by atoms with van der Waals surface area (Å²) < 4.78 is 0. The number of carbonyl (C=O) groups excluding carboxylic acids is 2. The summed E-state index contributed by atoms with van der Waals surface area (Å²) in [6.07, 6.45) is 5.34. The van der Waals surface area contributed by atoms with E-state index in [4.69, 9.17) is 0 Å². The average Bonchev–Trinajstić information content (AvgIpc) is 3.12. The Hall–Kier alpha value is -2.15. The predicted molar refractivity (Wildman–Crippen MR) is 94.0 cm³/mol. The fourth-order valence-corrected chi connectivity index (χ4v) is 3.33. The molecule has 2 amide bonds. The highest BCUT2D eigenvalue weighted by Crippen LogP contribution is 2.17. The van der Waals surface area contributed by atoms with E-state index >= 15 is 0 Å². The molecule has 2 N–H and O–H groups in total. The Balaban J connectivity index is 1.47. The summed E-state index contributed by atoms with van der Waals surface area (Å²) in [7, 11) is 0. The summed E-state index contributed by atoms with van der Waals surface area (Å²) in [5, 5.41) is 12.6. The lowest BCUT2D eigenvalue weighted by molar-refractivity contribution is -0.142. The number of aliphatic hydroxyl groups excluding tert-OH is 1. The van der Waals surface area contributed by atoms with Crippen LogP contribution in [-0.4, -0.2) is 59.1 Å². The zero-order chi connectivity index (χ0) is 17.6. The van der Waals surface area contributed by atoms with Crippen molar-refractivity contribution in [3.63, 3.8) is 0 Å². The molecule has 1 aromatic heterocycles. The first-order valence-corrected chi connectivity index (χ1v) is 9.07. The number of likely N-dealkylation sites (tertiary alicyclic amines) is 1. The summed E-state index contributed by atoms with van der Waals surface area (Å²) in [4.78, 5) is 32.3. The van der Waals surface area contributed by atoms with Crippen LogP contribution in [0.1, 0.15) is 37.7 Å². The quantitative estimate of drug-likeness (QED) is 0.818. The molecular weight excluding hydrogens is 320 g/mol. The van der Waals surface area contributed by atoms with E-state index in [0.717, 1.165) is 37.3 Å². The van der Waals surface area contributed by atoms with Crippen molar-refractivity contribution >= 4 is 17.6 Å². The topological polar surface area (TPSA) is 85.8 Å². The van der Waals surface area contributed by atoms with Gasteiger partial charge in [0, 0.05) is 32.4 Å². The van der Waals surface area contributed by atoms with E-state index in [1.54, 1.807) is 6.20 Å². The highest BCUT2D eigenvalue weighted by Gasteiger charge is 2.26. The lowest BCUT2D eigenvalue weighted by Crippen LogP contribution is -2.44. The van der Waals surface area contributed by atoms with Gasteiger partial charge in [-0.25, -0.2) is 4.98 Å². The number of anilines is 1. The van der Waals surface area contributed by atoms with Gasteiger partial charge < -0.3 is 20.2 Å². The number of hydrogen-bond donors (Lipinski definition) is 2. The molecule has 2 saturated heterocycles. The molecule has 3 rings (SSSR count). The van der Waals surface area contributed by atoms with Gasteiger partial charge in [0.15, 0.2) is 0 Å². The first kappa shape index (κ1) is 17.7. The SMILES string of the molecule is O=C(CN1CCCCC(O)C1=O)NCc1ccc(N2CCCC2)nc1. The number of aromatic nitrogens is 1. The fourth-order valence-electron chi connectivity index (χ4n) is 3.33. The zero-order valence-electron chi connectivity index (χ0n) is 14.5. The number of aliphatic hydroxyl groups is 1. The molecule has 1 atom stereocenters. The molecule has 2 aliphatic heterocycles. The third kappa shape index (κ3) is 4.69. The molecule has 0 bridgehead atoms. The van der Waals surface area contributed by atoms with Crippen molar-refractivity contribution in [1.29, 1.82) is 0 Å². The summed E-state index contributed by atoms with van der Waals surface area (Å²) in [6, 6.07) is 3.96. The first-order chi connectivity index (χ1) is 12.1. The van der Waals surface area contributed by atoms with E-state index in [0.29, 0.717) is 19.5 Å². The van der Waals surface area contributed by atoms with Crippen molar-refractivity contribution in [2.45, 2.75) is 44.8 Å². The second-order valence-electron chi connectivity index (χ2n) is 6.77.